The van der Waals surface area contributed by atoms with Crippen molar-refractivity contribution >= 4 is 27.5 Å². The Balaban J connectivity index is 1.63. The monoisotopic (exact) mass is 362 g/mol. The maximum atomic E-state index is 13.8. The number of nitrogens with zero attached hydrogens (tertiary/aromatic N) is 1. The number of fused-ring (bicyclic) bond motifs is 1. The Morgan fingerprint density at radius 2 is 1.77 bits per heavy atom. The van der Waals surface area contributed by atoms with Crippen LogP contribution in [0.5, 0.6) is 0 Å². The van der Waals surface area contributed by atoms with E-state index in [0.717, 1.165) is 20.8 Å². The van der Waals surface area contributed by atoms with Crippen LogP contribution >= 0.6 is 11.3 Å². The van der Waals surface area contributed by atoms with Crippen molar-refractivity contribution in [3.8, 4) is 10.6 Å². The molecule has 0 fully saturated rings. The van der Waals surface area contributed by atoms with Crippen LogP contribution in [-0.2, 0) is 6.54 Å². The number of thiazole rings is 1. The second kappa shape index (κ2) is 7.06. The zero-order valence-electron chi connectivity index (χ0n) is 13.8. The molecule has 0 atom stereocenters. The molecule has 1 aromatic heterocycles. The van der Waals surface area contributed by atoms with Crippen LogP contribution in [0, 0.1) is 5.82 Å². The smallest absolute Gasteiger partial charge is 0.251 e. The highest BCUT2D eigenvalue weighted by molar-refractivity contribution is 7.21. The maximum absolute atomic E-state index is 13.8. The summed E-state index contributed by atoms with van der Waals surface area (Å²) in [5.74, 6) is -0.484. The topological polar surface area (TPSA) is 42.0 Å². The maximum Gasteiger partial charge on any atom is 0.251 e. The van der Waals surface area contributed by atoms with Gasteiger partial charge in [0.05, 0.1) is 10.2 Å². The van der Waals surface area contributed by atoms with E-state index in [1.165, 1.54) is 23.5 Å². The Morgan fingerprint density at radius 3 is 2.58 bits per heavy atom. The number of carbonyl (C=O) groups excluding carboxylic acids is 1. The molecule has 4 rings (SSSR count). The molecule has 1 N–H and O–H groups in total. The van der Waals surface area contributed by atoms with Gasteiger partial charge in [0, 0.05) is 17.7 Å². The molecular formula is C21H15FN2OS. The SMILES string of the molecule is O=C(NCc1ccc(F)cc1-c1nc2ccccc2s1)c1ccccc1. The van der Waals surface area contributed by atoms with Crippen molar-refractivity contribution in [2.45, 2.75) is 6.54 Å². The first kappa shape index (κ1) is 16.4. The summed E-state index contributed by atoms with van der Waals surface area (Å²) in [6.45, 7) is 0.305. The molecule has 0 saturated heterocycles. The summed E-state index contributed by atoms with van der Waals surface area (Å²) in [6.07, 6.45) is 0. The molecule has 26 heavy (non-hydrogen) atoms. The molecule has 1 heterocycles. The normalized spacial score (nSPS) is 10.8. The molecule has 1 amide bonds. The lowest BCUT2D eigenvalue weighted by molar-refractivity contribution is 0.0951. The third-order valence-electron chi connectivity index (χ3n) is 4.07. The molecule has 0 saturated carbocycles. The lowest BCUT2D eigenvalue weighted by atomic mass is 10.1. The first-order valence-corrected chi connectivity index (χ1v) is 9.00. The number of benzene rings is 3. The second-order valence-electron chi connectivity index (χ2n) is 5.84. The molecule has 4 aromatic rings. The number of halogens is 1. The summed E-state index contributed by atoms with van der Waals surface area (Å²) < 4.78 is 14.9. The van der Waals surface area contributed by atoms with E-state index >= 15 is 0 Å². The van der Waals surface area contributed by atoms with Crippen LogP contribution in [0.1, 0.15) is 15.9 Å². The Kier molecular flexibility index (Phi) is 4.46. The summed E-state index contributed by atoms with van der Waals surface area (Å²) >= 11 is 1.51. The Bertz CT molecular complexity index is 1040. The zero-order valence-corrected chi connectivity index (χ0v) is 14.6. The number of nitrogens with one attached hydrogen (secondary N) is 1. The fraction of sp³-hybridized carbons (Fsp3) is 0.0476. The first-order chi connectivity index (χ1) is 12.7. The van der Waals surface area contributed by atoms with Crippen LogP contribution in [0.2, 0.25) is 0 Å². The average molecular weight is 362 g/mol. The van der Waals surface area contributed by atoms with Gasteiger partial charge in [0.1, 0.15) is 10.8 Å². The number of rotatable bonds is 4. The molecule has 0 radical (unpaired) electrons. The van der Waals surface area contributed by atoms with Gasteiger partial charge in [-0.1, -0.05) is 36.4 Å². The van der Waals surface area contributed by atoms with E-state index in [2.05, 4.69) is 10.3 Å². The van der Waals surface area contributed by atoms with Gasteiger partial charge in [0.15, 0.2) is 0 Å². The molecule has 128 valence electrons. The predicted octanol–water partition coefficient (Wildman–Crippen LogP) is 5.03. The van der Waals surface area contributed by atoms with Crippen LogP contribution in [0.3, 0.4) is 0 Å². The zero-order chi connectivity index (χ0) is 17.9. The molecule has 3 nitrogen and oxygen atoms in total. The number of aromatic nitrogens is 1. The average Bonchev–Trinajstić information content (AvgIpc) is 3.11. The highest BCUT2D eigenvalue weighted by Gasteiger charge is 2.13. The lowest BCUT2D eigenvalue weighted by Gasteiger charge is -2.09. The van der Waals surface area contributed by atoms with Gasteiger partial charge in [-0.05, 0) is 42.0 Å². The van der Waals surface area contributed by atoms with Crippen molar-refractivity contribution in [3.05, 3.63) is 89.7 Å². The molecule has 0 unspecified atom stereocenters. The van der Waals surface area contributed by atoms with Gasteiger partial charge in [0.25, 0.3) is 5.91 Å². The number of amides is 1. The van der Waals surface area contributed by atoms with Gasteiger partial charge in [-0.25, -0.2) is 9.37 Å². The Labute approximate surface area is 154 Å². The van der Waals surface area contributed by atoms with Crippen LogP contribution in [0.25, 0.3) is 20.8 Å². The predicted molar refractivity (Wildman–Crippen MR) is 103 cm³/mol. The van der Waals surface area contributed by atoms with Crippen LogP contribution in [0.15, 0.2) is 72.8 Å². The molecule has 0 aliphatic heterocycles. The van der Waals surface area contributed by atoms with Crippen molar-refractivity contribution in [2.24, 2.45) is 0 Å². The van der Waals surface area contributed by atoms with E-state index in [1.807, 2.05) is 42.5 Å². The van der Waals surface area contributed by atoms with Crippen LogP contribution < -0.4 is 5.32 Å². The Hall–Kier alpha value is -3.05. The largest absolute Gasteiger partial charge is 0.348 e. The van der Waals surface area contributed by atoms with E-state index in [1.54, 1.807) is 18.2 Å². The molecule has 0 aliphatic carbocycles. The van der Waals surface area contributed by atoms with Gasteiger partial charge >= 0.3 is 0 Å². The minimum atomic E-state index is -0.322. The summed E-state index contributed by atoms with van der Waals surface area (Å²) in [5.41, 5.74) is 3.02. The molecule has 0 spiro atoms. The van der Waals surface area contributed by atoms with E-state index in [4.69, 9.17) is 0 Å². The summed E-state index contributed by atoms with van der Waals surface area (Å²) in [5, 5.41) is 3.64. The van der Waals surface area contributed by atoms with Crippen molar-refractivity contribution in [3.63, 3.8) is 0 Å². The molecule has 0 bridgehead atoms. The van der Waals surface area contributed by atoms with E-state index in [9.17, 15) is 9.18 Å². The minimum absolute atomic E-state index is 0.162. The van der Waals surface area contributed by atoms with Crippen molar-refractivity contribution in [1.29, 1.82) is 0 Å². The lowest BCUT2D eigenvalue weighted by Crippen LogP contribution is -2.23. The van der Waals surface area contributed by atoms with Crippen LogP contribution in [-0.4, -0.2) is 10.9 Å². The van der Waals surface area contributed by atoms with E-state index < -0.39 is 0 Å². The fourth-order valence-corrected chi connectivity index (χ4v) is 3.77. The van der Waals surface area contributed by atoms with E-state index in [-0.39, 0.29) is 11.7 Å². The highest BCUT2D eigenvalue weighted by atomic mass is 32.1. The number of hydrogen-bond acceptors (Lipinski definition) is 3. The van der Waals surface area contributed by atoms with Gasteiger partial charge in [-0.15, -0.1) is 11.3 Å². The van der Waals surface area contributed by atoms with Crippen molar-refractivity contribution < 1.29 is 9.18 Å². The second-order valence-corrected chi connectivity index (χ2v) is 6.87. The minimum Gasteiger partial charge on any atom is -0.348 e. The van der Waals surface area contributed by atoms with Gasteiger partial charge in [0.2, 0.25) is 0 Å². The fourth-order valence-electron chi connectivity index (χ4n) is 2.76. The highest BCUT2D eigenvalue weighted by Crippen LogP contribution is 2.32. The van der Waals surface area contributed by atoms with Crippen LogP contribution in [0.4, 0.5) is 4.39 Å². The van der Waals surface area contributed by atoms with Crippen molar-refractivity contribution in [1.82, 2.24) is 10.3 Å². The quantitative estimate of drug-likeness (QED) is 0.553. The Morgan fingerprint density at radius 1 is 1.00 bits per heavy atom. The number of carbonyl (C=O) groups is 1. The number of hydrogen-bond donors (Lipinski definition) is 1. The standard InChI is InChI=1S/C21H15FN2OS/c22-16-11-10-15(13-23-20(25)14-6-2-1-3-7-14)17(12-16)21-24-18-8-4-5-9-19(18)26-21/h1-12H,13H2,(H,23,25). The molecular weight excluding hydrogens is 347 g/mol. The van der Waals surface area contributed by atoms with Crippen molar-refractivity contribution in [2.75, 3.05) is 0 Å². The number of para-hydroxylation sites is 1. The molecule has 5 heteroatoms. The molecule has 0 aliphatic rings. The first-order valence-electron chi connectivity index (χ1n) is 8.18. The van der Waals surface area contributed by atoms with Gasteiger partial charge < -0.3 is 5.32 Å². The molecule has 3 aromatic carbocycles. The summed E-state index contributed by atoms with van der Waals surface area (Å²) in [7, 11) is 0. The summed E-state index contributed by atoms with van der Waals surface area (Å²) in [6, 6.07) is 21.4. The summed E-state index contributed by atoms with van der Waals surface area (Å²) in [4.78, 5) is 16.9. The third kappa shape index (κ3) is 3.34. The van der Waals surface area contributed by atoms with E-state index in [0.29, 0.717) is 17.7 Å². The van der Waals surface area contributed by atoms with Gasteiger partial charge in [-0.3, -0.25) is 4.79 Å². The van der Waals surface area contributed by atoms with Gasteiger partial charge in [-0.2, -0.15) is 0 Å². The third-order valence-corrected chi connectivity index (χ3v) is 5.14.